The average molecular weight is 546 g/mol. The van der Waals surface area contributed by atoms with Crippen LogP contribution >= 0.6 is 24.0 Å². The van der Waals surface area contributed by atoms with Crippen molar-refractivity contribution in [1.29, 1.82) is 0 Å². The molecule has 0 unspecified atom stereocenters. The maximum absolute atomic E-state index is 12.0. The van der Waals surface area contributed by atoms with Gasteiger partial charge in [-0.2, -0.15) is 0 Å². The predicted octanol–water partition coefficient (Wildman–Crippen LogP) is 3.88. The van der Waals surface area contributed by atoms with Crippen LogP contribution in [0.2, 0.25) is 0 Å². The van der Waals surface area contributed by atoms with Crippen LogP contribution in [0.25, 0.3) is 0 Å². The molecule has 1 aliphatic heterocycles. The second-order valence-electron chi connectivity index (χ2n) is 8.15. The highest BCUT2D eigenvalue weighted by atomic mass is 127. The van der Waals surface area contributed by atoms with E-state index in [1.807, 2.05) is 39.1 Å². The third-order valence-corrected chi connectivity index (χ3v) is 5.05. The number of halogens is 1. The highest BCUT2D eigenvalue weighted by molar-refractivity contribution is 14.0. The second-order valence-corrected chi connectivity index (χ2v) is 8.15. The Morgan fingerprint density at radius 3 is 2.65 bits per heavy atom. The van der Waals surface area contributed by atoms with Crippen molar-refractivity contribution < 1.29 is 14.3 Å². The fraction of sp³-hybridized carbons (Fsp3) is 0.652. The number of nitrogens with zero attached hydrogens (tertiary/aromatic N) is 2. The standard InChI is InChI=1S/C23H38N4O3.HI/c1-18(2)15-22(28)26-20-8-5-7-19(16-20)17-25-23(24-3)27-11-9-21(10-12-27)30-14-6-13-29-4;/h5,7-8,16,18,21H,6,9-15,17H2,1-4H3,(H,24,25)(H,26,28);1H. The molecular weight excluding hydrogens is 507 g/mol. The molecule has 176 valence electrons. The minimum Gasteiger partial charge on any atom is -0.385 e. The van der Waals surface area contributed by atoms with E-state index in [0.717, 1.165) is 62.8 Å². The number of nitrogens with one attached hydrogen (secondary N) is 2. The molecule has 0 saturated carbocycles. The molecule has 1 aromatic carbocycles. The molecular formula is C23H39IN4O3. The topological polar surface area (TPSA) is 75.2 Å². The summed E-state index contributed by atoms with van der Waals surface area (Å²) in [5.41, 5.74) is 1.94. The lowest BCUT2D eigenvalue weighted by Gasteiger charge is -2.34. The van der Waals surface area contributed by atoms with Crippen LogP contribution in [0.1, 0.15) is 45.1 Å². The van der Waals surface area contributed by atoms with Crippen molar-refractivity contribution in [3.8, 4) is 0 Å². The molecule has 1 amide bonds. The fourth-order valence-corrected chi connectivity index (χ4v) is 3.54. The molecule has 2 rings (SSSR count). The molecule has 0 aliphatic carbocycles. The number of aliphatic imine (C=N–C) groups is 1. The Kier molecular flexibility index (Phi) is 13.7. The summed E-state index contributed by atoms with van der Waals surface area (Å²) in [5, 5.41) is 6.43. The van der Waals surface area contributed by atoms with Gasteiger partial charge in [-0.3, -0.25) is 9.79 Å². The lowest BCUT2D eigenvalue weighted by atomic mass is 10.1. The van der Waals surface area contributed by atoms with Crippen molar-refractivity contribution in [3.05, 3.63) is 29.8 Å². The number of rotatable bonds is 10. The van der Waals surface area contributed by atoms with Crippen LogP contribution < -0.4 is 10.6 Å². The molecule has 0 bridgehead atoms. The van der Waals surface area contributed by atoms with Gasteiger partial charge in [0.25, 0.3) is 0 Å². The molecule has 0 spiro atoms. The minimum absolute atomic E-state index is 0. The van der Waals surface area contributed by atoms with E-state index in [1.54, 1.807) is 7.11 Å². The van der Waals surface area contributed by atoms with Crippen molar-refractivity contribution in [2.75, 3.05) is 45.8 Å². The number of hydrogen-bond donors (Lipinski definition) is 2. The first kappa shape index (κ1) is 27.6. The Morgan fingerprint density at radius 1 is 1.26 bits per heavy atom. The average Bonchev–Trinajstić information content (AvgIpc) is 2.72. The first-order valence-electron chi connectivity index (χ1n) is 11.0. The van der Waals surface area contributed by atoms with E-state index in [4.69, 9.17) is 9.47 Å². The van der Waals surface area contributed by atoms with Gasteiger partial charge in [0.2, 0.25) is 5.91 Å². The molecule has 1 saturated heterocycles. The number of anilines is 1. The van der Waals surface area contributed by atoms with Crippen molar-refractivity contribution in [3.63, 3.8) is 0 Å². The quantitative estimate of drug-likeness (QED) is 0.202. The van der Waals surface area contributed by atoms with Gasteiger partial charge in [-0.1, -0.05) is 26.0 Å². The first-order chi connectivity index (χ1) is 14.5. The summed E-state index contributed by atoms with van der Waals surface area (Å²) in [6.45, 7) is 8.12. The summed E-state index contributed by atoms with van der Waals surface area (Å²) in [7, 11) is 3.54. The van der Waals surface area contributed by atoms with E-state index in [2.05, 4.69) is 26.6 Å². The van der Waals surface area contributed by atoms with Gasteiger partial charge in [-0.25, -0.2) is 0 Å². The van der Waals surface area contributed by atoms with Crippen molar-refractivity contribution >= 4 is 41.5 Å². The second kappa shape index (κ2) is 15.4. The maximum Gasteiger partial charge on any atom is 0.224 e. The Hall–Kier alpha value is -1.39. The van der Waals surface area contributed by atoms with Gasteiger partial charge >= 0.3 is 0 Å². The molecule has 2 N–H and O–H groups in total. The molecule has 7 nitrogen and oxygen atoms in total. The monoisotopic (exact) mass is 546 g/mol. The van der Waals surface area contributed by atoms with Gasteiger partial charge in [0, 0.05) is 59.1 Å². The molecule has 8 heteroatoms. The van der Waals surface area contributed by atoms with Crippen LogP contribution in [0, 0.1) is 5.92 Å². The highest BCUT2D eigenvalue weighted by Crippen LogP contribution is 2.15. The zero-order valence-corrected chi connectivity index (χ0v) is 21.7. The summed E-state index contributed by atoms with van der Waals surface area (Å²) in [5.74, 6) is 1.30. The Bertz CT molecular complexity index is 677. The number of hydrogen-bond acceptors (Lipinski definition) is 4. The normalized spacial score (nSPS) is 15.0. The van der Waals surface area contributed by atoms with Crippen molar-refractivity contribution in [2.45, 2.75) is 52.2 Å². The van der Waals surface area contributed by atoms with Crippen molar-refractivity contribution in [2.24, 2.45) is 10.9 Å². The third-order valence-electron chi connectivity index (χ3n) is 5.05. The van der Waals surface area contributed by atoms with Gasteiger partial charge in [0.1, 0.15) is 0 Å². The van der Waals surface area contributed by atoms with Gasteiger partial charge in [-0.15, -0.1) is 24.0 Å². The maximum atomic E-state index is 12.0. The largest absolute Gasteiger partial charge is 0.385 e. The highest BCUT2D eigenvalue weighted by Gasteiger charge is 2.21. The molecule has 0 atom stereocenters. The van der Waals surface area contributed by atoms with Gasteiger partial charge in [0.15, 0.2) is 5.96 Å². The third kappa shape index (κ3) is 10.7. The number of guanidine groups is 1. The minimum atomic E-state index is 0. The van der Waals surface area contributed by atoms with E-state index in [9.17, 15) is 4.79 Å². The molecule has 0 aromatic heterocycles. The van der Waals surface area contributed by atoms with Crippen LogP contribution in [-0.4, -0.2) is 63.3 Å². The number of methoxy groups -OCH3 is 1. The van der Waals surface area contributed by atoms with Gasteiger partial charge in [-0.05, 0) is 42.9 Å². The zero-order valence-electron chi connectivity index (χ0n) is 19.4. The van der Waals surface area contributed by atoms with Crippen molar-refractivity contribution in [1.82, 2.24) is 10.2 Å². The summed E-state index contributed by atoms with van der Waals surface area (Å²) in [4.78, 5) is 18.7. The lowest BCUT2D eigenvalue weighted by Crippen LogP contribution is -2.46. The molecule has 1 fully saturated rings. The predicted molar refractivity (Wildman–Crippen MR) is 137 cm³/mol. The molecule has 1 heterocycles. The van der Waals surface area contributed by atoms with Gasteiger partial charge in [0.05, 0.1) is 6.10 Å². The van der Waals surface area contributed by atoms with Gasteiger partial charge < -0.3 is 25.0 Å². The Morgan fingerprint density at radius 2 is 2.00 bits per heavy atom. The van der Waals surface area contributed by atoms with Crippen LogP contribution in [0.15, 0.2) is 29.3 Å². The van der Waals surface area contributed by atoms with E-state index < -0.39 is 0 Å². The summed E-state index contributed by atoms with van der Waals surface area (Å²) in [6.07, 6.45) is 3.80. The number of carbonyl (C=O) groups is 1. The Balaban J connectivity index is 0.00000480. The Labute approximate surface area is 204 Å². The molecule has 1 aromatic rings. The number of carbonyl (C=O) groups excluding carboxylic acids is 1. The number of benzene rings is 1. The number of amides is 1. The molecule has 0 radical (unpaired) electrons. The fourth-order valence-electron chi connectivity index (χ4n) is 3.54. The van der Waals surface area contributed by atoms with E-state index in [-0.39, 0.29) is 29.9 Å². The first-order valence-corrected chi connectivity index (χ1v) is 11.0. The summed E-state index contributed by atoms with van der Waals surface area (Å²) < 4.78 is 11.0. The number of ether oxygens (including phenoxy) is 2. The molecule has 31 heavy (non-hydrogen) atoms. The van der Waals surface area contributed by atoms with Crippen LogP contribution in [0.4, 0.5) is 5.69 Å². The van der Waals surface area contributed by atoms with Crippen LogP contribution in [0.5, 0.6) is 0 Å². The smallest absolute Gasteiger partial charge is 0.224 e. The summed E-state index contributed by atoms with van der Waals surface area (Å²) >= 11 is 0. The van der Waals surface area contributed by atoms with E-state index in [0.29, 0.717) is 25.0 Å². The molecule has 1 aliphatic rings. The number of likely N-dealkylation sites (tertiary alicyclic amines) is 1. The SMILES string of the molecule is CN=C(NCc1cccc(NC(=O)CC(C)C)c1)N1CCC(OCCCOC)CC1.I. The summed E-state index contributed by atoms with van der Waals surface area (Å²) in [6, 6.07) is 7.96. The van der Waals surface area contributed by atoms with Crippen LogP contribution in [-0.2, 0) is 20.8 Å². The lowest BCUT2D eigenvalue weighted by molar-refractivity contribution is -0.116. The van der Waals surface area contributed by atoms with E-state index >= 15 is 0 Å². The zero-order chi connectivity index (χ0) is 21.8. The van der Waals surface area contributed by atoms with E-state index in [1.165, 1.54) is 0 Å². The number of piperidine rings is 1. The van der Waals surface area contributed by atoms with Crippen LogP contribution in [0.3, 0.4) is 0 Å².